The zero-order valence-electron chi connectivity index (χ0n) is 20.5. The Balaban J connectivity index is 3.05. The van der Waals surface area contributed by atoms with Crippen LogP contribution < -0.4 is 0 Å². The molecule has 12 nitrogen and oxygen atoms in total. The summed E-state index contributed by atoms with van der Waals surface area (Å²) in [6.45, 7) is 5.30. The van der Waals surface area contributed by atoms with E-state index in [2.05, 4.69) is 0 Å². The maximum Gasteiger partial charge on any atom is 0.373 e. The smallest absolute Gasteiger partial charge is 0.373 e. The number of esters is 1. The Kier molecular flexibility index (Phi) is 11.3. The molecule has 1 rings (SSSR count). The molecular formula is C19H33NO11P2Si. The van der Waals surface area contributed by atoms with Crippen molar-refractivity contribution in [1.82, 2.24) is 0 Å². The second-order valence-corrected chi connectivity index (χ2v) is 17.8. The number of hydrogen-bond donors (Lipinski definition) is 0. The summed E-state index contributed by atoms with van der Waals surface area (Å²) in [5.74, 6) is -0.588. The molecule has 0 unspecified atom stereocenters. The Morgan fingerprint density at radius 1 is 0.971 bits per heavy atom. The quantitative estimate of drug-likeness (QED) is 0.0937. The number of nitro benzene ring substituents is 1. The first-order valence-corrected chi connectivity index (χ1v) is 16.7. The molecule has 0 bridgehead atoms. The van der Waals surface area contributed by atoms with Crippen LogP contribution in [0.4, 0.5) is 5.69 Å². The number of nitro groups is 1. The van der Waals surface area contributed by atoms with Crippen LogP contribution in [0.15, 0.2) is 24.3 Å². The van der Waals surface area contributed by atoms with Crippen LogP contribution in [0.25, 0.3) is 0 Å². The number of carbonyl (C=O) groups excluding carboxylic acids is 1. The predicted molar refractivity (Wildman–Crippen MR) is 127 cm³/mol. The van der Waals surface area contributed by atoms with Crippen molar-refractivity contribution < 1.29 is 46.1 Å². The molecule has 0 atom stereocenters. The van der Waals surface area contributed by atoms with Gasteiger partial charge in [0.2, 0.25) is 0 Å². The van der Waals surface area contributed by atoms with Gasteiger partial charge in [-0.2, -0.15) is 0 Å². The fraction of sp³-hybridized carbons (Fsp3) is 0.632. The van der Waals surface area contributed by atoms with Crippen LogP contribution in [0.5, 0.6) is 0 Å². The zero-order valence-corrected chi connectivity index (χ0v) is 23.3. The maximum absolute atomic E-state index is 13.6. The van der Waals surface area contributed by atoms with Crippen LogP contribution in [0.2, 0.25) is 19.6 Å². The van der Waals surface area contributed by atoms with Crippen molar-refractivity contribution in [3.8, 4) is 0 Å². The summed E-state index contributed by atoms with van der Waals surface area (Å²) >= 11 is 0. The van der Waals surface area contributed by atoms with Gasteiger partial charge in [0.05, 0.1) is 4.92 Å². The lowest BCUT2D eigenvalue weighted by Crippen LogP contribution is -2.44. The van der Waals surface area contributed by atoms with E-state index in [9.17, 15) is 24.0 Å². The molecule has 0 spiro atoms. The number of nitrogens with zero attached hydrogens (tertiary/aromatic N) is 1. The summed E-state index contributed by atoms with van der Waals surface area (Å²) in [7, 11) is -6.43. The van der Waals surface area contributed by atoms with Gasteiger partial charge in [0, 0.05) is 47.0 Å². The molecule has 34 heavy (non-hydrogen) atoms. The van der Waals surface area contributed by atoms with E-state index in [4.69, 9.17) is 27.3 Å². The van der Waals surface area contributed by atoms with Gasteiger partial charge in [-0.15, -0.1) is 0 Å². The van der Waals surface area contributed by atoms with Gasteiger partial charge in [0.15, 0.2) is 8.32 Å². The van der Waals surface area contributed by atoms with E-state index in [0.717, 1.165) is 28.4 Å². The molecule has 0 N–H and O–H groups in total. The molecule has 0 aliphatic rings. The van der Waals surface area contributed by atoms with E-state index in [1.165, 1.54) is 24.3 Å². The minimum atomic E-state index is -4.22. The highest BCUT2D eigenvalue weighted by atomic mass is 31.2. The van der Waals surface area contributed by atoms with Crippen molar-refractivity contribution in [2.75, 3.05) is 28.4 Å². The normalized spacial score (nSPS) is 13.0. The monoisotopic (exact) mass is 541 g/mol. The molecule has 1 aromatic carbocycles. The molecule has 0 amide bonds. The molecule has 0 aliphatic carbocycles. The third kappa shape index (κ3) is 7.28. The van der Waals surface area contributed by atoms with Crippen LogP contribution >= 0.6 is 15.2 Å². The molecule has 0 saturated carbocycles. The van der Waals surface area contributed by atoms with E-state index in [0.29, 0.717) is 5.56 Å². The van der Waals surface area contributed by atoms with E-state index in [1.807, 2.05) is 0 Å². The van der Waals surface area contributed by atoms with Crippen LogP contribution in [-0.2, 0) is 47.8 Å². The third-order valence-corrected chi connectivity index (χ3v) is 11.8. The summed E-state index contributed by atoms with van der Waals surface area (Å²) in [4.78, 5) is 22.5. The number of non-ortho nitro benzene ring substituents is 1. The molecule has 0 saturated heterocycles. The highest BCUT2D eigenvalue weighted by Gasteiger charge is 2.66. The van der Waals surface area contributed by atoms with Crippen molar-refractivity contribution in [2.24, 2.45) is 0 Å². The molecule has 0 aromatic heterocycles. The summed E-state index contributed by atoms with van der Waals surface area (Å²) < 4.78 is 59.3. The van der Waals surface area contributed by atoms with Crippen molar-refractivity contribution in [1.29, 1.82) is 0 Å². The second-order valence-electron chi connectivity index (χ2n) is 8.12. The van der Waals surface area contributed by atoms with Gasteiger partial charge in [0.25, 0.3) is 10.8 Å². The molecule has 194 valence electrons. The van der Waals surface area contributed by atoms with Gasteiger partial charge in [-0.25, -0.2) is 0 Å². The molecule has 0 radical (unpaired) electrons. The van der Waals surface area contributed by atoms with Gasteiger partial charge in [0.1, 0.15) is 6.61 Å². The fourth-order valence-corrected chi connectivity index (χ4v) is 11.3. The predicted octanol–water partition coefficient (Wildman–Crippen LogP) is 5.29. The second kappa shape index (κ2) is 12.5. The van der Waals surface area contributed by atoms with Crippen molar-refractivity contribution >= 4 is 35.2 Å². The zero-order chi connectivity index (χ0) is 26.2. The Bertz CT molecular complexity index is 891. The highest BCUT2D eigenvalue weighted by Crippen LogP contribution is 2.79. The highest BCUT2D eigenvalue weighted by molar-refractivity contribution is 7.74. The number of benzene rings is 1. The summed E-state index contributed by atoms with van der Waals surface area (Å²) in [5, 5.41) is 8.63. The van der Waals surface area contributed by atoms with Crippen LogP contribution in [0, 0.1) is 10.1 Å². The van der Waals surface area contributed by atoms with Crippen LogP contribution in [0.1, 0.15) is 24.8 Å². The maximum atomic E-state index is 13.6. The summed E-state index contributed by atoms with van der Waals surface area (Å²) in [6.07, 6.45) is -0.302. The van der Waals surface area contributed by atoms with Crippen LogP contribution in [0.3, 0.4) is 0 Å². The fourth-order valence-electron chi connectivity index (χ4n) is 3.21. The first-order valence-electron chi connectivity index (χ1n) is 10.3. The topological polar surface area (TPSA) is 150 Å². The summed E-state index contributed by atoms with van der Waals surface area (Å²) in [5.41, 5.74) is 0.497. The molecule has 15 heteroatoms. The first kappa shape index (κ1) is 30.6. The third-order valence-electron chi connectivity index (χ3n) is 4.72. The Hall–Kier alpha value is -1.43. The average molecular weight is 542 g/mol. The molecular weight excluding hydrogens is 508 g/mol. The Labute approximate surface area is 200 Å². The van der Waals surface area contributed by atoms with Crippen molar-refractivity contribution in [3.63, 3.8) is 0 Å². The molecule has 1 aromatic rings. The molecule has 0 heterocycles. The average Bonchev–Trinajstić information content (AvgIpc) is 2.80. The number of hydrogen-bond acceptors (Lipinski definition) is 11. The first-order chi connectivity index (χ1) is 15.7. The SMILES string of the molecule is COP(=O)(OC)C(CCCC(=O)OCc1ccc([N+](=O)[O-])cc1)(O[Si](C)(C)C)P(=O)(OC)OC. The van der Waals surface area contributed by atoms with Gasteiger partial charge in [-0.1, -0.05) is 0 Å². The number of ether oxygens (including phenoxy) is 1. The number of carbonyl (C=O) groups is 1. The van der Waals surface area contributed by atoms with E-state index >= 15 is 0 Å². The van der Waals surface area contributed by atoms with Crippen LogP contribution in [-0.4, -0.2) is 52.7 Å². The van der Waals surface area contributed by atoms with Gasteiger partial charge in [-0.3, -0.25) is 24.0 Å². The van der Waals surface area contributed by atoms with Gasteiger partial charge in [-0.05, 0) is 50.2 Å². The van der Waals surface area contributed by atoms with Crippen molar-refractivity contribution in [2.45, 2.75) is 50.6 Å². The lowest BCUT2D eigenvalue weighted by atomic mass is 10.2. The Morgan fingerprint density at radius 2 is 1.44 bits per heavy atom. The van der Waals surface area contributed by atoms with Gasteiger partial charge < -0.3 is 27.3 Å². The molecule has 0 fully saturated rings. The van der Waals surface area contributed by atoms with E-state index in [-0.39, 0.29) is 31.6 Å². The largest absolute Gasteiger partial charge is 0.461 e. The van der Waals surface area contributed by atoms with Gasteiger partial charge >= 0.3 is 21.2 Å². The lowest BCUT2D eigenvalue weighted by molar-refractivity contribution is -0.384. The number of rotatable bonds is 15. The minimum Gasteiger partial charge on any atom is -0.461 e. The standard InChI is InChI=1S/C19H33NO11P2Si/c1-26-32(24,27-2)19(31-34(5,6)7,33(25,28-3)29-4)14-8-9-18(21)30-15-16-10-12-17(13-11-16)20(22)23/h10-13H,8-9,14-15H2,1-7H3. The lowest BCUT2D eigenvalue weighted by Gasteiger charge is -2.43. The van der Waals surface area contributed by atoms with E-state index < -0.39 is 39.5 Å². The summed E-state index contributed by atoms with van der Waals surface area (Å²) in [6, 6.07) is 5.59. The van der Waals surface area contributed by atoms with E-state index in [1.54, 1.807) is 19.6 Å². The van der Waals surface area contributed by atoms with Crippen molar-refractivity contribution in [3.05, 3.63) is 39.9 Å². The Morgan fingerprint density at radius 3 is 1.82 bits per heavy atom. The minimum absolute atomic E-state index is 0.0387. The molecule has 0 aliphatic heterocycles.